The fraction of sp³-hybridized carbons (Fsp3) is 0.378. The number of esters is 1. The third-order valence-electron chi connectivity index (χ3n) is 9.78. The zero-order valence-corrected chi connectivity index (χ0v) is 32.1. The van der Waals surface area contributed by atoms with Gasteiger partial charge in [-0.3, -0.25) is 19.2 Å². The summed E-state index contributed by atoms with van der Waals surface area (Å²) in [5.74, 6) is -5.22. The number of nitrogens with zero attached hydrogens (tertiary/aromatic N) is 2. The maximum Gasteiger partial charge on any atom is 0.310 e. The molecule has 5 rings (SSSR count). The zero-order chi connectivity index (χ0) is 39.3. The Morgan fingerprint density at radius 3 is 1.36 bits per heavy atom. The molecule has 0 saturated heterocycles. The normalized spacial score (nSPS) is 17.5. The van der Waals surface area contributed by atoms with Gasteiger partial charge in [-0.25, -0.2) is 0 Å². The second-order valence-electron chi connectivity index (χ2n) is 14.4. The molecule has 0 heterocycles. The van der Waals surface area contributed by atoms with E-state index in [9.17, 15) is 24.3 Å². The van der Waals surface area contributed by atoms with Crippen LogP contribution in [0.25, 0.3) is 0 Å². The van der Waals surface area contributed by atoms with Crippen LogP contribution in [0.2, 0.25) is 0 Å². The maximum absolute atomic E-state index is 14.7. The van der Waals surface area contributed by atoms with Crippen LogP contribution in [-0.2, 0) is 37.0 Å². The van der Waals surface area contributed by atoms with Crippen molar-refractivity contribution >= 4 is 23.8 Å². The van der Waals surface area contributed by atoms with Crippen LogP contribution < -0.4 is 9.47 Å². The molecule has 1 aliphatic carbocycles. The summed E-state index contributed by atoms with van der Waals surface area (Å²) in [6.45, 7) is 9.05. The lowest BCUT2D eigenvalue weighted by Gasteiger charge is -2.49. The highest BCUT2D eigenvalue weighted by atomic mass is 16.5. The summed E-state index contributed by atoms with van der Waals surface area (Å²) < 4.78 is 17.5. The first-order valence-corrected chi connectivity index (χ1v) is 19.2. The van der Waals surface area contributed by atoms with Crippen LogP contribution >= 0.6 is 0 Å². The standard InChI is InChI=1S/C45H52N2O8/c1-5-26-46(29-32-17-21-36(22-18-32)54-34-13-9-7-10-14-34)42(48)38-39(41(40(38)44(50)51)45(52)53-28-25-31(3)4)43(49)47(27-6-2)30-33-19-23-37(24-20-33)55-35-15-11-8-12-16-35/h7-24,31,38-41H,5-6,25-30H2,1-4H3,(H,50,51). The molecule has 1 fully saturated rings. The van der Waals surface area contributed by atoms with Crippen LogP contribution in [0.5, 0.6) is 23.0 Å². The molecule has 4 unspecified atom stereocenters. The SMILES string of the molecule is CCCN(Cc1ccc(Oc2ccccc2)cc1)C(=O)C1C(C(=O)O)C(C(=O)OCCC(C)C)C1C(=O)N(CCC)Cc1ccc(Oc2ccccc2)cc1. The number of aliphatic carboxylic acids is 1. The van der Waals surface area contributed by atoms with Crippen molar-refractivity contribution in [3.05, 3.63) is 120 Å². The lowest BCUT2D eigenvalue weighted by Crippen LogP contribution is -2.64. The van der Waals surface area contributed by atoms with Gasteiger partial charge in [0.05, 0.1) is 30.3 Å². The van der Waals surface area contributed by atoms with Gasteiger partial charge in [0, 0.05) is 26.2 Å². The number of amides is 2. The minimum Gasteiger partial charge on any atom is -0.481 e. The summed E-state index contributed by atoms with van der Waals surface area (Å²) in [5, 5.41) is 10.5. The fourth-order valence-electron chi connectivity index (χ4n) is 6.97. The molecule has 0 radical (unpaired) electrons. The molecule has 4 atom stereocenters. The summed E-state index contributed by atoms with van der Waals surface area (Å²) in [7, 11) is 0. The minimum atomic E-state index is -1.41. The van der Waals surface area contributed by atoms with E-state index in [1.165, 1.54) is 0 Å². The van der Waals surface area contributed by atoms with Crippen molar-refractivity contribution in [3.63, 3.8) is 0 Å². The topological polar surface area (TPSA) is 123 Å². The average Bonchev–Trinajstić information content (AvgIpc) is 3.16. The van der Waals surface area contributed by atoms with Crippen molar-refractivity contribution in [2.75, 3.05) is 19.7 Å². The summed E-state index contributed by atoms with van der Waals surface area (Å²) >= 11 is 0. The lowest BCUT2D eigenvalue weighted by molar-refractivity contribution is -0.190. The highest BCUT2D eigenvalue weighted by Crippen LogP contribution is 2.49. The number of carbonyl (C=O) groups is 4. The summed E-state index contributed by atoms with van der Waals surface area (Å²) in [6.07, 6.45) is 1.81. The van der Waals surface area contributed by atoms with Gasteiger partial charge in [0.15, 0.2) is 0 Å². The lowest BCUT2D eigenvalue weighted by atomic mass is 9.55. The van der Waals surface area contributed by atoms with Crippen LogP contribution in [0.1, 0.15) is 58.1 Å². The van der Waals surface area contributed by atoms with Gasteiger partial charge in [-0.2, -0.15) is 0 Å². The van der Waals surface area contributed by atoms with Crippen LogP contribution in [0.3, 0.4) is 0 Å². The van der Waals surface area contributed by atoms with E-state index in [1.807, 2.05) is 137 Å². The molecule has 10 nitrogen and oxygen atoms in total. The van der Waals surface area contributed by atoms with E-state index >= 15 is 0 Å². The third kappa shape index (κ3) is 10.7. The minimum absolute atomic E-state index is 0.0981. The van der Waals surface area contributed by atoms with Crippen molar-refractivity contribution < 1.29 is 38.5 Å². The van der Waals surface area contributed by atoms with Gasteiger partial charge < -0.3 is 29.1 Å². The molecule has 0 aliphatic heterocycles. The number of para-hydroxylation sites is 2. The Morgan fingerprint density at radius 1 is 0.582 bits per heavy atom. The van der Waals surface area contributed by atoms with Gasteiger partial charge in [0.2, 0.25) is 11.8 Å². The first-order chi connectivity index (χ1) is 26.6. The van der Waals surface area contributed by atoms with Crippen molar-refractivity contribution in [2.45, 2.75) is 60.0 Å². The number of carbonyl (C=O) groups excluding carboxylic acids is 3. The van der Waals surface area contributed by atoms with Gasteiger partial charge in [-0.1, -0.05) is 88.4 Å². The molecule has 290 valence electrons. The van der Waals surface area contributed by atoms with Crippen LogP contribution in [0.4, 0.5) is 0 Å². The van der Waals surface area contributed by atoms with E-state index in [2.05, 4.69) is 0 Å². The number of carboxylic acid groups (broad SMARTS) is 1. The largest absolute Gasteiger partial charge is 0.481 e. The monoisotopic (exact) mass is 748 g/mol. The van der Waals surface area contributed by atoms with E-state index in [4.69, 9.17) is 14.2 Å². The van der Waals surface area contributed by atoms with Gasteiger partial charge >= 0.3 is 11.9 Å². The van der Waals surface area contributed by atoms with Gasteiger partial charge in [0.1, 0.15) is 23.0 Å². The molecule has 10 heteroatoms. The van der Waals surface area contributed by atoms with Crippen LogP contribution in [0, 0.1) is 29.6 Å². The molecule has 0 spiro atoms. The molecule has 4 aromatic rings. The number of benzene rings is 4. The smallest absolute Gasteiger partial charge is 0.310 e. The van der Waals surface area contributed by atoms with E-state index in [0.29, 0.717) is 55.4 Å². The average molecular weight is 749 g/mol. The Kier molecular flexibility index (Phi) is 14.5. The van der Waals surface area contributed by atoms with Crippen molar-refractivity contribution in [2.24, 2.45) is 29.6 Å². The molecule has 1 saturated carbocycles. The third-order valence-corrected chi connectivity index (χ3v) is 9.78. The number of hydrogen-bond donors (Lipinski definition) is 1. The first kappa shape index (κ1) is 40.5. The highest BCUT2D eigenvalue weighted by molar-refractivity contribution is 6.00. The molecule has 0 bridgehead atoms. The Hall–Kier alpha value is -5.64. The number of rotatable bonds is 19. The first-order valence-electron chi connectivity index (χ1n) is 19.2. The fourth-order valence-corrected chi connectivity index (χ4v) is 6.97. The molecule has 2 amide bonds. The second-order valence-corrected chi connectivity index (χ2v) is 14.4. The van der Waals surface area contributed by atoms with Crippen LogP contribution in [0.15, 0.2) is 109 Å². The van der Waals surface area contributed by atoms with Gasteiger partial charge in [0.25, 0.3) is 0 Å². The highest BCUT2D eigenvalue weighted by Gasteiger charge is 2.65. The number of carboxylic acids is 1. The van der Waals surface area contributed by atoms with Crippen molar-refractivity contribution in [3.8, 4) is 23.0 Å². The van der Waals surface area contributed by atoms with E-state index in [1.54, 1.807) is 9.80 Å². The molecule has 1 aliphatic rings. The Morgan fingerprint density at radius 2 is 0.982 bits per heavy atom. The van der Waals surface area contributed by atoms with Crippen LogP contribution in [-0.4, -0.2) is 58.4 Å². The van der Waals surface area contributed by atoms with E-state index in [0.717, 1.165) is 11.1 Å². The zero-order valence-electron chi connectivity index (χ0n) is 32.1. The summed E-state index contributed by atoms with van der Waals surface area (Å²) in [5.41, 5.74) is 1.63. The number of hydrogen-bond acceptors (Lipinski definition) is 7. The van der Waals surface area contributed by atoms with E-state index in [-0.39, 0.29) is 25.6 Å². The second kappa shape index (κ2) is 19.6. The molecule has 4 aromatic carbocycles. The molecular weight excluding hydrogens is 697 g/mol. The quantitative estimate of drug-likeness (QED) is 0.0947. The van der Waals surface area contributed by atoms with Crippen molar-refractivity contribution in [1.82, 2.24) is 9.80 Å². The Labute approximate surface area is 324 Å². The summed E-state index contributed by atoms with van der Waals surface area (Å²) in [4.78, 5) is 59.0. The Balaban J connectivity index is 1.39. The molecule has 0 aromatic heterocycles. The van der Waals surface area contributed by atoms with Gasteiger partial charge in [-0.15, -0.1) is 0 Å². The maximum atomic E-state index is 14.7. The predicted molar refractivity (Wildman–Crippen MR) is 209 cm³/mol. The Bertz CT molecular complexity index is 1850. The molecule has 55 heavy (non-hydrogen) atoms. The van der Waals surface area contributed by atoms with Gasteiger partial charge in [-0.05, 0) is 84.8 Å². The molecular formula is C45H52N2O8. The van der Waals surface area contributed by atoms with E-state index < -0.39 is 47.4 Å². The van der Waals surface area contributed by atoms with Crippen molar-refractivity contribution in [1.29, 1.82) is 0 Å². The molecule has 1 N–H and O–H groups in total. The number of ether oxygens (including phenoxy) is 3. The predicted octanol–water partition coefficient (Wildman–Crippen LogP) is 8.60. The summed E-state index contributed by atoms with van der Waals surface area (Å²) in [6, 6.07) is 33.6.